The summed E-state index contributed by atoms with van der Waals surface area (Å²) in [6.45, 7) is -0.126. The monoisotopic (exact) mass is 397 g/mol. The Kier molecular flexibility index (Phi) is 4.37. The van der Waals surface area contributed by atoms with E-state index in [9.17, 15) is 26.7 Å². The number of nitrogens with zero attached hydrogens (tertiary/aromatic N) is 3. The SMILES string of the molecule is O=C1Cc2ncc(-c3cccc(C(F)(F)F)c3)cc2N1CCN1CC(F)(F)C1. The molecule has 0 bridgehead atoms. The molecule has 1 saturated heterocycles. The normalized spacial score (nSPS) is 18.9. The molecule has 0 radical (unpaired) electrons. The average molecular weight is 397 g/mol. The third kappa shape index (κ3) is 3.58. The minimum absolute atomic E-state index is 0.0916. The van der Waals surface area contributed by atoms with Gasteiger partial charge >= 0.3 is 6.18 Å². The number of amides is 1. The molecule has 2 aliphatic heterocycles. The van der Waals surface area contributed by atoms with E-state index >= 15 is 0 Å². The van der Waals surface area contributed by atoms with Crippen molar-refractivity contribution < 1.29 is 26.7 Å². The fraction of sp³-hybridized carbons (Fsp3) is 0.368. The predicted octanol–water partition coefficient (Wildman–Crippen LogP) is 3.61. The zero-order chi connectivity index (χ0) is 20.1. The van der Waals surface area contributed by atoms with E-state index in [1.807, 2.05) is 0 Å². The molecule has 1 aromatic heterocycles. The largest absolute Gasteiger partial charge is 0.416 e. The second-order valence-corrected chi connectivity index (χ2v) is 7.06. The van der Waals surface area contributed by atoms with E-state index in [1.165, 1.54) is 17.2 Å². The van der Waals surface area contributed by atoms with Crippen LogP contribution in [0.5, 0.6) is 0 Å². The summed E-state index contributed by atoms with van der Waals surface area (Å²) in [6.07, 6.45) is -2.92. The summed E-state index contributed by atoms with van der Waals surface area (Å²) in [5.74, 6) is -2.87. The van der Waals surface area contributed by atoms with Crippen LogP contribution in [-0.2, 0) is 17.4 Å². The fourth-order valence-electron chi connectivity index (χ4n) is 3.51. The van der Waals surface area contributed by atoms with Crippen molar-refractivity contribution in [2.24, 2.45) is 0 Å². The van der Waals surface area contributed by atoms with Gasteiger partial charge in [-0.2, -0.15) is 13.2 Å². The highest BCUT2D eigenvalue weighted by Crippen LogP contribution is 2.35. The van der Waals surface area contributed by atoms with Gasteiger partial charge in [-0.15, -0.1) is 0 Å². The molecule has 2 aliphatic rings. The molecule has 1 amide bonds. The molecule has 148 valence electrons. The minimum atomic E-state index is -4.46. The van der Waals surface area contributed by atoms with Crippen molar-refractivity contribution in [1.82, 2.24) is 9.88 Å². The molecule has 3 heterocycles. The molecular formula is C19H16F5N3O. The predicted molar refractivity (Wildman–Crippen MR) is 92.1 cm³/mol. The highest BCUT2D eigenvalue weighted by Gasteiger charge is 2.43. The fourth-order valence-corrected chi connectivity index (χ4v) is 3.51. The number of benzene rings is 1. The van der Waals surface area contributed by atoms with Crippen molar-refractivity contribution in [1.29, 1.82) is 0 Å². The van der Waals surface area contributed by atoms with Gasteiger partial charge in [-0.05, 0) is 23.8 Å². The molecular weight excluding hydrogens is 381 g/mol. The molecule has 4 nitrogen and oxygen atoms in total. The van der Waals surface area contributed by atoms with E-state index in [0.29, 0.717) is 29.1 Å². The molecule has 0 N–H and O–H groups in total. The van der Waals surface area contributed by atoms with Crippen molar-refractivity contribution in [2.75, 3.05) is 31.1 Å². The van der Waals surface area contributed by atoms with Crippen LogP contribution in [0.4, 0.5) is 27.6 Å². The first-order valence-electron chi connectivity index (χ1n) is 8.69. The number of fused-ring (bicyclic) bond motifs is 1. The Morgan fingerprint density at radius 1 is 1.07 bits per heavy atom. The Morgan fingerprint density at radius 2 is 1.82 bits per heavy atom. The van der Waals surface area contributed by atoms with Gasteiger partial charge in [0.1, 0.15) is 0 Å². The molecule has 0 aliphatic carbocycles. The van der Waals surface area contributed by atoms with Gasteiger partial charge in [0.15, 0.2) is 0 Å². The van der Waals surface area contributed by atoms with Crippen LogP contribution in [0, 0.1) is 0 Å². The smallest absolute Gasteiger partial charge is 0.309 e. The number of pyridine rings is 1. The van der Waals surface area contributed by atoms with E-state index in [2.05, 4.69) is 4.98 Å². The van der Waals surface area contributed by atoms with E-state index in [1.54, 1.807) is 17.0 Å². The zero-order valence-electron chi connectivity index (χ0n) is 14.6. The van der Waals surface area contributed by atoms with Gasteiger partial charge in [-0.3, -0.25) is 14.7 Å². The van der Waals surface area contributed by atoms with Gasteiger partial charge in [-0.1, -0.05) is 12.1 Å². The lowest BCUT2D eigenvalue weighted by atomic mass is 10.0. The summed E-state index contributed by atoms with van der Waals surface area (Å²) in [7, 11) is 0. The quantitative estimate of drug-likeness (QED) is 0.740. The number of alkyl halides is 5. The highest BCUT2D eigenvalue weighted by atomic mass is 19.4. The van der Waals surface area contributed by atoms with Gasteiger partial charge in [0, 0.05) is 24.8 Å². The van der Waals surface area contributed by atoms with E-state index in [-0.39, 0.29) is 32.0 Å². The van der Waals surface area contributed by atoms with Crippen molar-refractivity contribution in [3.8, 4) is 11.1 Å². The molecule has 0 atom stereocenters. The standard InChI is InChI=1S/C19H16F5N3O/c20-18(21)10-26(11-18)4-5-27-16-7-13(9-25-15(16)8-17(27)28)12-2-1-3-14(6-12)19(22,23)24/h1-3,6-7,9H,4-5,8,10-11H2. The van der Waals surface area contributed by atoms with Crippen LogP contribution in [0.25, 0.3) is 11.1 Å². The maximum absolute atomic E-state index is 13.0. The highest BCUT2D eigenvalue weighted by molar-refractivity contribution is 6.01. The van der Waals surface area contributed by atoms with Crippen LogP contribution in [0.1, 0.15) is 11.3 Å². The first-order chi connectivity index (χ1) is 13.1. The van der Waals surface area contributed by atoms with Crippen LogP contribution in [-0.4, -0.2) is 47.9 Å². The lowest BCUT2D eigenvalue weighted by Crippen LogP contribution is -2.57. The first kappa shape index (κ1) is 18.8. The van der Waals surface area contributed by atoms with Gasteiger partial charge in [0.05, 0.1) is 36.5 Å². The second-order valence-electron chi connectivity index (χ2n) is 7.06. The van der Waals surface area contributed by atoms with Crippen molar-refractivity contribution >= 4 is 11.6 Å². The Bertz CT molecular complexity index is 920. The van der Waals surface area contributed by atoms with Crippen molar-refractivity contribution in [2.45, 2.75) is 18.5 Å². The van der Waals surface area contributed by atoms with Crippen LogP contribution in [0.3, 0.4) is 0 Å². The summed E-state index contributed by atoms with van der Waals surface area (Å²) >= 11 is 0. The third-order valence-electron chi connectivity index (χ3n) is 4.93. The number of halogens is 5. The minimum Gasteiger partial charge on any atom is -0.309 e. The summed E-state index contributed by atoms with van der Waals surface area (Å²) < 4.78 is 64.8. The van der Waals surface area contributed by atoms with Crippen LogP contribution in [0.15, 0.2) is 36.5 Å². The molecule has 0 unspecified atom stereocenters. The van der Waals surface area contributed by atoms with Gasteiger partial charge < -0.3 is 4.90 Å². The maximum atomic E-state index is 13.0. The Morgan fingerprint density at radius 3 is 2.50 bits per heavy atom. The number of anilines is 1. The zero-order valence-corrected chi connectivity index (χ0v) is 14.6. The lowest BCUT2D eigenvalue weighted by Gasteiger charge is -2.39. The van der Waals surface area contributed by atoms with Gasteiger partial charge in [-0.25, -0.2) is 8.78 Å². The Balaban J connectivity index is 1.56. The Labute approximate surface area is 157 Å². The van der Waals surface area contributed by atoms with E-state index in [4.69, 9.17) is 0 Å². The molecule has 28 heavy (non-hydrogen) atoms. The topological polar surface area (TPSA) is 36.4 Å². The van der Waals surface area contributed by atoms with E-state index in [0.717, 1.165) is 12.1 Å². The molecule has 0 saturated carbocycles. The molecule has 9 heteroatoms. The average Bonchev–Trinajstić information content (AvgIpc) is 2.92. The molecule has 4 rings (SSSR count). The maximum Gasteiger partial charge on any atom is 0.416 e. The number of carbonyl (C=O) groups is 1. The van der Waals surface area contributed by atoms with Crippen molar-refractivity contribution in [3.63, 3.8) is 0 Å². The number of aromatic nitrogens is 1. The van der Waals surface area contributed by atoms with Gasteiger partial charge in [0.25, 0.3) is 5.92 Å². The van der Waals surface area contributed by atoms with Crippen LogP contribution >= 0.6 is 0 Å². The summed E-state index contributed by atoms with van der Waals surface area (Å²) in [4.78, 5) is 19.5. The summed E-state index contributed by atoms with van der Waals surface area (Å²) in [5.41, 5.74) is 1.09. The first-order valence-corrected chi connectivity index (χ1v) is 8.69. The number of rotatable bonds is 4. The third-order valence-corrected chi connectivity index (χ3v) is 4.93. The number of hydrogen-bond acceptors (Lipinski definition) is 3. The number of hydrogen-bond donors (Lipinski definition) is 0. The molecule has 2 aromatic rings. The molecule has 1 aromatic carbocycles. The number of carbonyl (C=O) groups excluding carboxylic acids is 1. The molecule has 0 spiro atoms. The lowest BCUT2D eigenvalue weighted by molar-refractivity contribution is -0.137. The van der Waals surface area contributed by atoms with Gasteiger partial charge in [0.2, 0.25) is 5.91 Å². The van der Waals surface area contributed by atoms with Crippen LogP contribution < -0.4 is 4.90 Å². The summed E-state index contributed by atoms with van der Waals surface area (Å²) in [5, 5.41) is 0. The van der Waals surface area contributed by atoms with Crippen molar-refractivity contribution in [3.05, 3.63) is 47.8 Å². The second kappa shape index (κ2) is 6.51. The van der Waals surface area contributed by atoms with Crippen LogP contribution in [0.2, 0.25) is 0 Å². The van der Waals surface area contributed by atoms with E-state index < -0.39 is 17.7 Å². The number of likely N-dealkylation sites (tertiary alicyclic amines) is 1. The summed E-state index contributed by atoms with van der Waals surface area (Å²) in [6, 6.07) is 6.52. The molecule has 1 fully saturated rings. The Hall–Kier alpha value is -2.55.